The summed E-state index contributed by atoms with van der Waals surface area (Å²) in [4.78, 5) is 11.8. The van der Waals surface area contributed by atoms with Gasteiger partial charge in [-0.15, -0.1) is 0 Å². The van der Waals surface area contributed by atoms with E-state index in [4.69, 9.17) is 9.47 Å². The van der Waals surface area contributed by atoms with Crippen LogP contribution in [0, 0.1) is 5.92 Å². The van der Waals surface area contributed by atoms with Gasteiger partial charge in [0.2, 0.25) is 0 Å². The molecule has 0 aromatic heterocycles. The highest BCUT2D eigenvalue weighted by Gasteiger charge is 2.32. The number of ketones is 1. The largest absolute Gasteiger partial charge is 0.497 e. The maximum absolute atomic E-state index is 11.8. The van der Waals surface area contributed by atoms with E-state index < -0.39 is 0 Å². The summed E-state index contributed by atoms with van der Waals surface area (Å²) in [5, 5.41) is 0. The van der Waals surface area contributed by atoms with Crippen LogP contribution in [0.15, 0.2) is 48.5 Å². The number of Topliss-reactive ketones (excluding diaryl/α,β-unsaturated/α-hetero) is 1. The lowest BCUT2D eigenvalue weighted by Gasteiger charge is -2.10. The predicted octanol–water partition coefficient (Wildman–Crippen LogP) is 3.90. The predicted molar refractivity (Wildman–Crippen MR) is 90.7 cm³/mol. The average Bonchev–Trinajstić information content (AvgIpc) is 2.95. The van der Waals surface area contributed by atoms with Gasteiger partial charge in [0.15, 0.2) is 5.78 Å². The third-order valence-electron chi connectivity index (χ3n) is 4.58. The van der Waals surface area contributed by atoms with Gasteiger partial charge in [-0.3, -0.25) is 4.79 Å². The van der Waals surface area contributed by atoms with Crippen LogP contribution in [0.3, 0.4) is 0 Å². The molecule has 0 radical (unpaired) electrons. The van der Waals surface area contributed by atoms with E-state index in [9.17, 15) is 4.79 Å². The normalized spacial score (nSPS) is 20.7. The van der Waals surface area contributed by atoms with E-state index in [0.717, 1.165) is 18.6 Å². The Kier molecular flexibility index (Phi) is 4.77. The molecule has 1 aliphatic rings. The van der Waals surface area contributed by atoms with Crippen molar-refractivity contribution in [1.29, 1.82) is 0 Å². The van der Waals surface area contributed by atoms with Crippen LogP contribution in [0.4, 0.5) is 0 Å². The van der Waals surface area contributed by atoms with Gasteiger partial charge >= 0.3 is 0 Å². The van der Waals surface area contributed by atoms with Crippen LogP contribution in [0.5, 0.6) is 5.75 Å². The lowest BCUT2D eigenvalue weighted by molar-refractivity contribution is -0.125. The Morgan fingerprint density at radius 1 is 0.957 bits per heavy atom. The highest BCUT2D eigenvalue weighted by Crippen LogP contribution is 2.29. The van der Waals surface area contributed by atoms with Crippen molar-refractivity contribution in [2.75, 3.05) is 14.2 Å². The van der Waals surface area contributed by atoms with Gasteiger partial charge in [-0.25, -0.2) is 0 Å². The number of hydrogen-bond acceptors (Lipinski definition) is 3. The van der Waals surface area contributed by atoms with Gasteiger partial charge in [0.05, 0.1) is 7.11 Å². The first-order valence-corrected chi connectivity index (χ1v) is 7.98. The molecular formula is C20H22O3. The quantitative estimate of drug-likeness (QED) is 0.840. The lowest BCUT2D eigenvalue weighted by Crippen LogP contribution is -2.14. The summed E-state index contributed by atoms with van der Waals surface area (Å²) in [6.07, 6.45) is 2.22. The van der Waals surface area contributed by atoms with Crippen LogP contribution in [-0.4, -0.2) is 26.1 Å². The third kappa shape index (κ3) is 3.62. The van der Waals surface area contributed by atoms with Crippen LogP contribution in [0.1, 0.15) is 18.4 Å². The molecule has 1 fully saturated rings. The van der Waals surface area contributed by atoms with Crippen molar-refractivity contribution in [2.24, 2.45) is 5.92 Å². The van der Waals surface area contributed by atoms with Crippen LogP contribution < -0.4 is 4.74 Å². The van der Waals surface area contributed by atoms with Crippen LogP contribution in [0.25, 0.3) is 11.1 Å². The zero-order valence-electron chi connectivity index (χ0n) is 13.6. The number of carbonyl (C=O) groups excluding carboxylic acids is 1. The molecule has 0 N–H and O–H groups in total. The molecule has 1 aliphatic carbocycles. The molecule has 120 valence electrons. The number of benzene rings is 2. The third-order valence-corrected chi connectivity index (χ3v) is 4.58. The van der Waals surface area contributed by atoms with Gasteiger partial charge < -0.3 is 9.47 Å². The van der Waals surface area contributed by atoms with Gasteiger partial charge in [0.1, 0.15) is 11.9 Å². The first-order valence-electron chi connectivity index (χ1n) is 7.98. The topological polar surface area (TPSA) is 35.5 Å². The minimum Gasteiger partial charge on any atom is -0.497 e. The molecule has 0 unspecified atom stereocenters. The average molecular weight is 310 g/mol. The van der Waals surface area contributed by atoms with Gasteiger partial charge in [0.25, 0.3) is 0 Å². The van der Waals surface area contributed by atoms with Crippen molar-refractivity contribution in [2.45, 2.75) is 25.4 Å². The molecule has 0 aliphatic heterocycles. The molecule has 3 rings (SSSR count). The molecule has 1 saturated carbocycles. The maximum Gasteiger partial charge on any atom is 0.161 e. The maximum atomic E-state index is 11.8. The Hall–Kier alpha value is -2.13. The summed E-state index contributed by atoms with van der Waals surface area (Å²) >= 11 is 0. The summed E-state index contributed by atoms with van der Waals surface area (Å²) in [5.41, 5.74) is 3.64. The Bertz CT molecular complexity index is 658. The van der Waals surface area contributed by atoms with E-state index >= 15 is 0 Å². The molecule has 0 amide bonds. The van der Waals surface area contributed by atoms with Crippen LogP contribution >= 0.6 is 0 Å². The summed E-state index contributed by atoms with van der Waals surface area (Å²) in [6, 6.07) is 16.7. The molecular weight excluding hydrogens is 288 g/mol. The monoisotopic (exact) mass is 310 g/mol. The summed E-state index contributed by atoms with van der Waals surface area (Å²) in [6.45, 7) is 0. The van der Waals surface area contributed by atoms with E-state index in [1.807, 2.05) is 12.1 Å². The van der Waals surface area contributed by atoms with Crippen LogP contribution in [-0.2, 0) is 16.0 Å². The summed E-state index contributed by atoms with van der Waals surface area (Å²) < 4.78 is 10.4. The Morgan fingerprint density at radius 2 is 1.57 bits per heavy atom. The second kappa shape index (κ2) is 6.97. The molecule has 0 bridgehead atoms. The molecule has 3 heteroatoms. The van der Waals surface area contributed by atoms with E-state index in [2.05, 4.69) is 36.4 Å². The van der Waals surface area contributed by atoms with Gasteiger partial charge in [-0.05, 0) is 47.6 Å². The number of hydrogen-bond donors (Lipinski definition) is 0. The second-order valence-electron chi connectivity index (χ2n) is 6.13. The SMILES string of the molecule is COc1ccc(-c2ccc(C[C@@H]3CC(=O)[C@@H](OC)C3)cc2)cc1. The molecule has 0 heterocycles. The first kappa shape index (κ1) is 15.8. The van der Waals surface area contributed by atoms with E-state index in [0.29, 0.717) is 12.3 Å². The second-order valence-corrected chi connectivity index (χ2v) is 6.13. The molecule has 3 nitrogen and oxygen atoms in total. The van der Waals surface area contributed by atoms with E-state index in [1.54, 1.807) is 14.2 Å². The number of carbonyl (C=O) groups is 1. The fraction of sp³-hybridized carbons (Fsp3) is 0.350. The minimum atomic E-state index is -0.196. The van der Waals surface area contributed by atoms with E-state index in [-0.39, 0.29) is 11.9 Å². The van der Waals surface area contributed by atoms with Crippen LogP contribution in [0.2, 0.25) is 0 Å². The fourth-order valence-electron chi connectivity index (χ4n) is 3.27. The van der Waals surface area contributed by atoms with Crippen molar-refractivity contribution in [3.8, 4) is 16.9 Å². The minimum absolute atomic E-state index is 0.196. The summed E-state index contributed by atoms with van der Waals surface area (Å²) in [7, 11) is 3.29. The number of rotatable bonds is 5. The van der Waals surface area contributed by atoms with Crippen molar-refractivity contribution >= 4 is 5.78 Å². The summed E-state index contributed by atoms with van der Waals surface area (Å²) in [5.74, 6) is 1.51. The Labute approximate surface area is 137 Å². The molecule has 2 atom stereocenters. The Morgan fingerprint density at radius 3 is 2.09 bits per heavy atom. The highest BCUT2D eigenvalue weighted by atomic mass is 16.5. The number of methoxy groups -OCH3 is 2. The lowest BCUT2D eigenvalue weighted by atomic mass is 9.96. The van der Waals surface area contributed by atoms with E-state index in [1.165, 1.54) is 16.7 Å². The van der Waals surface area contributed by atoms with Crippen molar-refractivity contribution in [3.63, 3.8) is 0 Å². The smallest absolute Gasteiger partial charge is 0.161 e. The van der Waals surface area contributed by atoms with Crippen molar-refractivity contribution in [3.05, 3.63) is 54.1 Å². The first-order chi connectivity index (χ1) is 11.2. The molecule has 0 spiro atoms. The standard InChI is InChI=1S/C20H22O3/c1-22-18-9-7-17(8-10-18)16-5-3-14(4-6-16)11-15-12-19(21)20(13-15)23-2/h3-10,15,20H,11-13H2,1-2H3/t15-,20+/m1/s1. The van der Waals surface area contributed by atoms with Gasteiger partial charge in [-0.2, -0.15) is 0 Å². The number of ether oxygens (including phenoxy) is 2. The Balaban J connectivity index is 1.66. The molecule has 2 aromatic carbocycles. The fourth-order valence-corrected chi connectivity index (χ4v) is 3.27. The zero-order chi connectivity index (χ0) is 16.2. The molecule has 23 heavy (non-hydrogen) atoms. The van der Waals surface area contributed by atoms with Crippen molar-refractivity contribution < 1.29 is 14.3 Å². The zero-order valence-corrected chi connectivity index (χ0v) is 13.6. The highest BCUT2D eigenvalue weighted by molar-refractivity contribution is 5.85. The van der Waals surface area contributed by atoms with Gasteiger partial charge in [-0.1, -0.05) is 36.4 Å². The van der Waals surface area contributed by atoms with Gasteiger partial charge in [0, 0.05) is 13.5 Å². The molecule has 0 saturated heterocycles. The molecule has 2 aromatic rings. The van der Waals surface area contributed by atoms with Crippen molar-refractivity contribution in [1.82, 2.24) is 0 Å².